The van der Waals surface area contributed by atoms with Gasteiger partial charge in [-0.2, -0.15) is 5.10 Å². The van der Waals surface area contributed by atoms with Crippen LogP contribution in [0.25, 0.3) is 11.0 Å². The molecule has 5 nitrogen and oxygen atoms in total. The summed E-state index contributed by atoms with van der Waals surface area (Å²) in [5.74, 6) is 0. The molecule has 1 aliphatic rings. The first-order chi connectivity index (χ1) is 10.3. The Bertz CT molecular complexity index is 766. The zero-order chi connectivity index (χ0) is 14.2. The van der Waals surface area contributed by atoms with Gasteiger partial charge in [-0.3, -0.25) is 4.68 Å². The highest BCUT2D eigenvalue weighted by atomic mass is 15.2. The number of aromatic nitrogens is 4. The molecule has 0 radical (unpaired) electrons. The van der Waals surface area contributed by atoms with Crippen molar-refractivity contribution in [3.63, 3.8) is 0 Å². The number of aryl methyl sites for hydroxylation is 1. The van der Waals surface area contributed by atoms with Gasteiger partial charge in [-0.05, 0) is 30.5 Å². The summed E-state index contributed by atoms with van der Waals surface area (Å²) in [4.78, 5) is 4.56. The van der Waals surface area contributed by atoms with Crippen molar-refractivity contribution in [1.82, 2.24) is 24.6 Å². The summed E-state index contributed by atoms with van der Waals surface area (Å²) in [6, 6.07) is 4.89. The van der Waals surface area contributed by atoms with Crippen molar-refractivity contribution in [2.75, 3.05) is 0 Å². The van der Waals surface area contributed by atoms with Crippen LogP contribution >= 0.6 is 0 Å². The van der Waals surface area contributed by atoms with Crippen molar-refractivity contribution in [3.8, 4) is 0 Å². The molecule has 0 unspecified atom stereocenters. The second-order valence-corrected chi connectivity index (χ2v) is 5.83. The third-order valence-electron chi connectivity index (χ3n) is 3.99. The molecule has 3 aromatic rings. The molecule has 0 spiro atoms. The Morgan fingerprint density at radius 3 is 3.00 bits per heavy atom. The summed E-state index contributed by atoms with van der Waals surface area (Å²) in [6.45, 7) is 1.73. The van der Waals surface area contributed by atoms with Crippen LogP contribution in [0.15, 0.2) is 36.9 Å². The fourth-order valence-electron chi connectivity index (χ4n) is 2.75. The molecule has 1 fully saturated rings. The van der Waals surface area contributed by atoms with Crippen molar-refractivity contribution in [3.05, 3.63) is 48.0 Å². The fourth-order valence-corrected chi connectivity index (χ4v) is 2.75. The molecular formula is C16H19N5. The Kier molecular flexibility index (Phi) is 3.00. The highest BCUT2D eigenvalue weighted by Crippen LogP contribution is 2.23. The summed E-state index contributed by atoms with van der Waals surface area (Å²) in [7, 11) is 1.94. The standard InChI is InChI=1S/C16H19N5/c1-20-9-12(7-19-20)10-21-11-13(8-18-14-4-5-14)15-3-2-6-17-16(15)21/h2-3,6-7,9,11,14,18H,4-5,8,10H2,1H3. The van der Waals surface area contributed by atoms with Crippen LogP contribution in [0.4, 0.5) is 0 Å². The van der Waals surface area contributed by atoms with Crippen LogP contribution in [0, 0.1) is 0 Å². The molecule has 21 heavy (non-hydrogen) atoms. The molecule has 0 atom stereocenters. The monoisotopic (exact) mass is 281 g/mol. The molecule has 0 bridgehead atoms. The van der Waals surface area contributed by atoms with E-state index in [4.69, 9.17) is 0 Å². The average molecular weight is 281 g/mol. The Hall–Kier alpha value is -2.14. The smallest absolute Gasteiger partial charge is 0.140 e. The molecule has 0 aliphatic heterocycles. The summed E-state index contributed by atoms with van der Waals surface area (Å²) in [5, 5.41) is 9.07. The van der Waals surface area contributed by atoms with Gasteiger partial charge in [0.15, 0.2) is 0 Å². The molecule has 3 aromatic heterocycles. The third kappa shape index (κ3) is 2.56. The van der Waals surface area contributed by atoms with Gasteiger partial charge >= 0.3 is 0 Å². The molecule has 108 valence electrons. The number of nitrogens with one attached hydrogen (secondary N) is 1. The van der Waals surface area contributed by atoms with Gasteiger partial charge in [-0.1, -0.05) is 0 Å². The molecular weight excluding hydrogens is 262 g/mol. The molecule has 1 aliphatic carbocycles. The Morgan fingerprint density at radius 1 is 1.33 bits per heavy atom. The van der Waals surface area contributed by atoms with Crippen LogP contribution in [0.5, 0.6) is 0 Å². The second-order valence-electron chi connectivity index (χ2n) is 5.83. The first-order valence-electron chi connectivity index (χ1n) is 7.43. The first-order valence-corrected chi connectivity index (χ1v) is 7.43. The van der Waals surface area contributed by atoms with Gasteiger partial charge in [0.05, 0.1) is 12.7 Å². The number of hydrogen-bond acceptors (Lipinski definition) is 3. The number of pyridine rings is 1. The van der Waals surface area contributed by atoms with Crippen molar-refractivity contribution < 1.29 is 0 Å². The molecule has 0 amide bonds. The fraction of sp³-hybridized carbons (Fsp3) is 0.375. The maximum atomic E-state index is 4.56. The topological polar surface area (TPSA) is 47.7 Å². The van der Waals surface area contributed by atoms with E-state index in [1.54, 1.807) is 0 Å². The van der Waals surface area contributed by atoms with Crippen molar-refractivity contribution >= 4 is 11.0 Å². The molecule has 5 heteroatoms. The highest BCUT2D eigenvalue weighted by Gasteiger charge is 2.21. The summed E-state index contributed by atoms with van der Waals surface area (Å²) < 4.78 is 4.06. The average Bonchev–Trinajstić information content (AvgIpc) is 3.15. The minimum atomic E-state index is 0.721. The SMILES string of the molecule is Cn1cc(Cn2cc(CNC3CC3)c3cccnc32)cn1. The number of rotatable bonds is 5. The van der Waals surface area contributed by atoms with E-state index in [9.17, 15) is 0 Å². The predicted octanol–water partition coefficient (Wildman–Crippen LogP) is 2.07. The van der Waals surface area contributed by atoms with Gasteiger partial charge in [0.25, 0.3) is 0 Å². The number of nitrogens with zero attached hydrogens (tertiary/aromatic N) is 4. The Labute approximate surface area is 123 Å². The van der Waals surface area contributed by atoms with Crippen LogP contribution in [0.2, 0.25) is 0 Å². The maximum Gasteiger partial charge on any atom is 0.140 e. The van der Waals surface area contributed by atoms with Crippen LogP contribution in [0.1, 0.15) is 24.0 Å². The normalized spacial score (nSPS) is 14.9. The van der Waals surface area contributed by atoms with E-state index in [2.05, 4.69) is 38.4 Å². The Morgan fingerprint density at radius 2 is 2.24 bits per heavy atom. The minimum absolute atomic E-state index is 0.721. The van der Waals surface area contributed by atoms with E-state index in [0.717, 1.165) is 24.8 Å². The molecule has 1 saturated carbocycles. The lowest BCUT2D eigenvalue weighted by atomic mass is 10.2. The lowest BCUT2D eigenvalue weighted by Gasteiger charge is -2.01. The van der Waals surface area contributed by atoms with Crippen LogP contribution in [0.3, 0.4) is 0 Å². The van der Waals surface area contributed by atoms with Crippen molar-refractivity contribution in [1.29, 1.82) is 0 Å². The summed E-state index contributed by atoms with van der Waals surface area (Å²) >= 11 is 0. The largest absolute Gasteiger partial charge is 0.328 e. The number of hydrogen-bond donors (Lipinski definition) is 1. The zero-order valence-corrected chi connectivity index (χ0v) is 12.2. The van der Waals surface area contributed by atoms with E-state index in [0.29, 0.717) is 0 Å². The van der Waals surface area contributed by atoms with E-state index < -0.39 is 0 Å². The quantitative estimate of drug-likeness (QED) is 0.779. The third-order valence-corrected chi connectivity index (χ3v) is 3.99. The van der Waals surface area contributed by atoms with E-state index in [1.165, 1.54) is 29.4 Å². The van der Waals surface area contributed by atoms with Crippen molar-refractivity contribution in [2.45, 2.75) is 32.0 Å². The lowest BCUT2D eigenvalue weighted by molar-refractivity contribution is 0.687. The number of fused-ring (bicyclic) bond motifs is 1. The molecule has 3 heterocycles. The minimum Gasteiger partial charge on any atom is -0.328 e. The lowest BCUT2D eigenvalue weighted by Crippen LogP contribution is -2.14. The van der Waals surface area contributed by atoms with Gasteiger partial charge in [0.1, 0.15) is 5.65 Å². The van der Waals surface area contributed by atoms with E-state index in [1.807, 2.05) is 30.2 Å². The van der Waals surface area contributed by atoms with Crippen LogP contribution < -0.4 is 5.32 Å². The van der Waals surface area contributed by atoms with Gasteiger partial charge in [-0.25, -0.2) is 4.98 Å². The highest BCUT2D eigenvalue weighted by molar-refractivity contribution is 5.80. The predicted molar refractivity (Wildman–Crippen MR) is 81.9 cm³/mol. The summed E-state index contributed by atoms with van der Waals surface area (Å²) in [6.07, 6.45) is 10.7. The molecule has 0 aromatic carbocycles. The van der Waals surface area contributed by atoms with E-state index in [-0.39, 0.29) is 0 Å². The first kappa shape index (κ1) is 12.6. The second kappa shape index (κ2) is 5.00. The maximum absolute atomic E-state index is 4.56. The van der Waals surface area contributed by atoms with E-state index >= 15 is 0 Å². The Balaban J connectivity index is 1.66. The van der Waals surface area contributed by atoms with Crippen LogP contribution in [-0.4, -0.2) is 25.4 Å². The zero-order valence-electron chi connectivity index (χ0n) is 12.2. The van der Waals surface area contributed by atoms with Crippen LogP contribution in [-0.2, 0) is 20.1 Å². The van der Waals surface area contributed by atoms with Gasteiger partial charge in [0.2, 0.25) is 0 Å². The molecule has 0 saturated heterocycles. The van der Waals surface area contributed by atoms with Gasteiger partial charge < -0.3 is 9.88 Å². The molecule has 1 N–H and O–H groups in total. The summed E-state index contributed by atoms with van der Waals surface area (Å²) in [5.41, 5.74) is 3.57. The van der Waals surface area contributed by atoms with Gasteiger partial charge in [0, 0.05) is 49.2 Å². The van der Waals surface area contributed by atoms with Crippen molar-refractivity contribution in [2.24, 2.45) is 7.05 Å². The molecule has 4 rings (SSSR count). The van der Waals surface area contributed by atoms with Gasteiger partial charge in [-0.15, -0.1) is 0 Å².